The first-order chi connectivity index (χ1) is 18.0. The van der Waals surface area contributed by atoms with Gasteiger partial charge in [0.25, 0.3) is 0 Å². The number of carbonyl (C=O) groups is 1. The van der Waals surface area contributed by atoms with Crippen LogP contribution in [0.15, 0.2) is 24.4 Å². The number of carboxylic acid groups (broad SMARTS) is 1. The molecule has 1 saturated heterocycles. The minimum Gasteiger partial charge on any atom is -0.496 e. The number of aromatic nitrogens is 2. The number of halogens is 1. The number of aliphatic carboxylic acids is 1. The number of carboxylic acids is 1. The lowest BCUT2D eigenvalue weighted by Crippen LogP contribution is -2.34. The summed E-state index contributed by atoms with van der Waals surface area (Å²) < 4.78 is 20.8. The molecular weight excluding hydrogens is 471 g/mol. The molecule has 5 rings (SSSR count). The second-order valence-corrected chi connectivity index (χ2v) is 10.8. The van der Waals surface area contributed by atoms with Crippen LogP contribution in [0.5, 0.6) is 5.75 Å². The van der Waals surface area contributed by atoms with E-state index in [9.17, 15) is 9.90 Å². The maximum Gasteiger partial charge on any atom is 0.325 e. The van der Waals surface area contributed by atoms with Crippen molar-refractivity contribution >= 4 is 11.8 Å². The fraction of sp³-hybridized carbons (Fsp3) is 0.621. The van der Waals surface area contributed by atoms with Crippen LogP contribution in [-0.4, -0.2) is 58.9 Å². The van der Waals surface area contributed by atoms with Crippen LogP contribution in [-0.2, 0) is 17.6 Å². The number of nitrogens with zero attached hydrogens (tertiary/aromatic N) is 3. The number of fused-ring (bicyclic) bond motifs is 1. The maximum absolute atomic E-state index is 15.3. The Kier molecular flexibility index (Phi) is 8.23. The Bertz CT molecular complexity index is 1080. The number of likely N-dealkylation sites (tertiary alicyclic amines) is 1. The normalized spacial score (nSPS) is 21.5. The molecule has 1 aliphatic carbocycles. The molecule has 2 unspecified atom stereocenters. The highest BCUT2D eigenvalue weighted by Crippen LogP contribution is 2.41. The molecule has 1 saturated carbocycles. The number of ether oxygens (including phenoxy) is 1. The number of methoxy groups -OCH3 is 1. The van der Waals surface area contributed by atoms with Crippen molar-refractivity contribution in [2.75, 3.05) is 32.1 Å². The molecule has 3 atom stereocenters. The van der Waals surface area contributed by atoms with Gasteiger partial charge < -0.3 is 15.2 Å². The van der Waals surface area contributed by atoms with Gasteiger partial charge in [0.2, 0.25) is 0 Å². The monoisotopic (exact) mass is 510 g/mol. The van der Waals surface area contributed by atoms with Crippen LogP contribution in [0.25, 0.3) is 0 Å². The molecule has 0 bridgehead atoms. The first-order valence-electron chi connectivity index (χ1n) is 13.9. The second kappa shape index (κ2) is 11.8. The van der Waals surface area contributed by atoms with E-state index < -0.39 is 18.2 Å². The van der Waals surface area contributed by atoms with Crippen LogP contribution in [0.4, 0.5) is 10.2 Å². The van der Waals surface area contributed by atoms with Gasteiger partial charge in [-0.15, -0.1) is 0 Å². The van der Waals surface area contributed by atoms with E-state index in [2.05, 4.69) is 10.3 Å². The third-order valence-corrected chi connectivity index (χ3v) is 8.44. The Balaban J connectivity index is 1.14. The Morgan fingerprint density at radius 3 is 2.92 bits per heavy atom. The molecule has 8 heteroatoms. The zero-order valence-electron chi connectivity index (χ0n) is 21.8. The molecule has 2 aromatic rings. The number of hydrogen-bond acceptors (Lipinski definition) is 6. The number of nitrogens with one attached hydrogen (secondary N) is 1. The van der Waals surface area contributed by atoms with Crippen molar-refractivity contribution in [3.05, 3.63) is 46.9 Å². The number of aryl methyl sites for hydroxylation is 1. The Morgan fingerprint density at radius 2 is 2.16 bits per heavy atom. The molecule has 3 aliphatic rings. The molecule has 2 N–H and O–H groups in total. The number of rotatable bonds is 11. The number of hydrogen-bond donors (Lipinski definition) is 2. The number of unbranched alkanes of at least 4 members (excludes halogenated alkanes) is 1. The van der Waals surface area contributed by atoms with Gasteiger partial charge >= 0.3 is 5.97 Å². The zero-order chi connectivity index (χ0) is 25.8. The van der Waals surface area contributed by atoms with Crippen molar-refractivity contribution in [1.82, 2.24) is 14.9 Å². The van der Waals surface area contributed by atoms with E-state index in [1.165, 1.54) is 6.42 Å². The lowest BCUT2D eigenvalue weighted by molar-refractivity contribution is -0.143. The molecule has 37 heavy (non-hydrogen) atoms. The number of anilines is 1. The van der Waals surface area contributed by atoms with Gasteiger partial charge in [-0.1, -0.05) is 18.9 Å². The fourth-order valence-electron chi connectivity index (χ4n) is 6.16. The van der Waals surface area contributed by atoms with E-state index in [0.29, 0.717) is 31.8 Å². The van der Waals surface area contributed by atoms with Crippen molar-refractivity contribution in [2.24, 2.45) is 5.92 Å². The summed E-state index contributed by atoms with van der Waals surface area (Å²) in [5, 5.41) is 13.5. The maximum atomic E-state index is 15.3. The molecule has 0 amide bonds. The third kappa shape index (κ3) is 5.74. The SMILES string of the molecule is COc1cc(CCCCC(F)[C@@H]2CCN(C(C(=O)O)c3cccnc3C3CCC3)C2)nc2c1CCCN2. The summed E-state index contributed by atoms with van der Waals surface area (Å²) in [6.07, 6.45) is 9.82. The quantitative estimate of drug-likeness (QED) is 0.396. The Morgan fingerprint density at radius 1 is 1.30 bits per heavy atom. The average molecular weight is 511 g/mol. The molecule has 0 radical (unpaired) electrons. The number of pyridine rings is 2. The highest BCUT2D eigenvalue weighted by Gasteiger charge is 2.39. The predicted molar refractivity (Wildman–Crippen MR) is 141 cm³/mol. The fourth-order valence-corrected chi connectivity index (χ4v) is 6.16. The minimum atomic E-state index is -0.924. The minimum absolute atomic E-state index is 0.128. The van der Waals surface area contributed by atoms with Gasteiger partial charge in [0.1, 0.15) is 23.8 Å². The zero-order valence-corrected chi connectivity index (χ0v) is 21.8. The summed E-state index contributed by atoms with van der Waals surface area (Å²) in [7, 11) is 1.70. The van der Waals surface area contributed by atoms with Crippen LogP contribution >= 0.6 is 0 Å². The summed E-state index contributed by atoms with van der Waals surface area (Å²) >= 11 is 0. The van der Waals surface area contributed by atoms with Crippen molar-refractivity contribution in [3.8, 4) is 5.75 Å². The van der Waals surface area contributed by atoms with E-state index in [0.717, 1.165) is 85.6 Å². The van der Waals surface area contributed by atoms with Crippen LogP contribution in [0, 0.1) is 5.92 Å². The van der Waals surface area contributed by atoms with Crippen LogP contribution in [0.2, 0.25) is 0 Å². The van der Waals surface area contributed by atoms with E-state index in [1.54, 1.807) is 13.3 Å². The molecular formula is C29H39FN4O3. The van der Waals surface area contributed by atoms with Crippen LogP contribution in [0.3, 0.4) is 0 Å². The van der Waals surface area contributed by atoms with E-state index in [4.69, 9.17) is 9.72 Å². The lowest BCUT2D eigenvalue weighted by Gasteiger charge is -2.31. The summed E-state index contributed by atoms with van der Waals surface area (Å²) in [4.78, 5) is 23.6. The summed E-state index contributed by atoms with van der Waals surface area (Å²) in [6.45, 7) is 2.01. The van der Waals surface area contributed by atoms with Crippen molar-refractivity contribution < 1.29 is 19.0 Å². The van der Waals surface area contributed by atoms with Crippen molar-refractivity contribution in [1.29, 1.82) is 0 Å². The first-order valence-corrected chi connectivity index (χ1v) is 13.9. The smallest absolute Gasteiger partial charge is 0.325 e. The molecule has 0 spiro atoms. The molecule has 0 aromatic carbocycles. The van der Waals surface area contributed by atoms with Gasteiger partial charge in [-0.25, -0.2) is 9.37 Å². The number of alkyl halides is 1. The van der Waals surface area contributed by atoms with Crippen molar-refractivity contribution in [2.45, 2.75) is 82.3 Å². The predicted octanol–water partition coefficient (Wildman–Crippen LogP) is 5.31. The van der Waals surface area contributed by atoms with E-state index in [-0.39, 0.29) is 5.92 Å². The first kappa shape index (κ1) is 25.9. The molecule has 7 nitrogen and oxygen atoms in total. The van der Waals surface area contributed by atoms with Gasteiger partial charge in [0.15, 0.2) is 0 Å². The summed E-state index contributed by atoms with van der Waals surface area (Å²) in [5.41, 5.74) is 3.84. The molecule has 2 fully saturated rings. The van der Waals surface area contributed by atoms with Gasteiger partial charge in [-0.3, -0.25) is 14.7 Å². The largest absolute Gasteiger partial charge is 0.496 e. The van der Waals surface area contributed by atoms with Gasteiger partial charge in [-0.2, -0.15) is 0 Å². The lowest BCUT2D eigenvalue weighted by atomic mass is 9.80. The second-order valence-electron chi connectivity index (χ2n) is 10.8. The topological polar surface area (TPSA) is 87.6 Å². The Hall–Kier alpha value is -2.74. The van der Waals surface area contributed by atoms with Crippen molar-refractivity contribution in [3.63, 3.8) is 0 Å². The average Bonchev–Trinajstić information content (AvgIpc) is 3.35. The molecule has 200 valence electrons. The standard InChI is InChI=1S/C29H39FN4O3/c1-37-25-17-21(33-28-22(25)10-5-15-32-28)9-2-3-12-24(30)20-13-16-34(18-20)27(29(35)36)23-11-6-14-31-26(23)19-7-4-8-19/h6,11,14,17,19-20,24,27H,2-5,7-10,12-13,15-16,18H2,1H3,(H,32,33)(H,35,36)/t20-,24?,27?/m1/s1. The summed E-state index contributed by atoms with van der Waals surface area (Å²) in [6, 6.07) is 5.00. The Labute approximate surface area is 218 Å². The summed E-state index contributed by atoms with van der Waals surface area (Å²) in [5.74, 6) is 1.18. The molecule has 2 aromatic heterocycles. The van der Waals surface area contributed by atoms with Gasteiger partial charge in [-0.05, 0) is 64.0 Å². The van der Waals surface area contributed by atoms with E-state index >= 15 is 4.39 Å². The van der Waals surface area contributed by atoms with Gasteiger partial charge in [0, 0.05) is 59.7 Å². The third-order valence-electron chi connectivity index (χ3n) is 8.44. The molecule has 4 heterocycles. The van der Waals surface area contributed by atoms with Crippen LogP contribution < -0.4 is 10.1 Å². The molecule has 2 aliphatic heterocycles. The van der Waals surface area contributed by atoms with Gasteiger partial charge in [0.05, 0.1) is 7.11 Å². The highest BCUT2D eigenvalue weighted by molar-refractivity contribution is 5.76. The highest BCUT2D eigenvalue weighted by atomic mass is 19.1. The van der Waals surface area contributed by atoms with Crippen LogP contribution in [0.1, 0.15) is 85.8 Å². The van der Waals surface area contributed by atoms with E-state index in [1.807, 2.05) is 23.1 Å².